The normalized spacial score (nSPS) is 10.8. The maximum Gasteiger partial charge on any atom is 0.286 e. The van der Waals surface area contributed by atoms with Crippen LogP contribution < -0.4 is 10.1 Å². The van der Waals surface area contributed by atoms with E-state index in [2.05, 4.69) is 10.4 Å². The largest absolute Gasteiger partial charge is 0.486 e. The summed E-state index contributed by atoms with van der Waals surface area (Å²) in [6.07, 6.45) is 0.635. The van der Waals surface area contributed by atoms with E-state index in [1.165, 1.54) is 6.92 Å². The first-order chi connectivity index (χ1) is 14.3. The summed E-state index contributed by atoms with van der Waals surface area (Å²) >= 11 is 12.1. The second kappa shape index (κ2) is 9.82. The Kier molecular flexibility index (Phi) is 7.18. The molecule has 1 N–H and O–H groups in total. The van der Waals surface area contributed by atoms with E-state index in [-0.39, 0.29) is 24.1 Å². The molecule has 0 saturated heterocycles. The Hall–Kier alpha value is -2.77. The minimum atomic E-state index is -0.312. The predicted molar refractivity (Wildman–Crippen MR) is 113 cm³/mol. The van der Waals surface area contributed by atoms with Gasteiger partial charge in [-0.05, 0) is 56.7 Å². The Labute approximate surface area is 183 Å². The quantitative estimate of drug-likeness (QED) is 0.378. The van der Waals surface area contributed by atoms with Crippen molar-refractivity contribution in [2.45, 2.75) is 33.4 Å². The van der Waals surface area contributed by atoms with E-state index in [1.807, 2.05) is 0 Å². The van der Waals surface area contributed by atoms with Gasteiger partial charge in [0, 0.05) is 18.7 Å². The number of Topliss-reactive ketones (excluding diaryl/α,β-unsaturated/α-hetero) is 1. The maximum atomic E-state index is 12.2. The van der Waals surface area contributed by atoms with Crippen molar-refractivity contribution in [2.24, 2.45) is 0 Å². The molecule has 0 radical (unpaired) electrons. The molecule has 0 aliphatic carbocycles. The minimum Gasteiger partial charge on any atom is -0.486 e. The molecular weight excluding hydrogens is 429 g/mol. The highest BCUT2D eigenvalue weighted by molar-refractivity contribution is 6.41. The van der Waals surface area contributed by atoms with Crippen LogP contribution in [-0.2, 0) is 13.2 Å². The number of nitrogens with one attached hydrogen (secondary N) is 1. The molecule has 1 aromatic carbocycles. The molecule has 0 fully saturated rings. The van der Waals surface area contributed by atoms with E-state index in [4.69, 9.17) is 32.4 Å². The lowest BCUT2D eigenvalue weighted by molar-refractivity contribution is 0.0920. The van der Waals surface area contributed by atoms with Crippen molar-refractivity contribution < 1.29 is 18.7 Å². The standard InChI is InChI=1S/C21H21Cl2N3O4/c1-13-19(22)20(23)26(25-13)11-3-10-24-21(28)18-9-8-17(30-18)12-29-16-6-4-15(5-7-16)14(2)27/h4-9H,3,10-12H2,1-2H3,(H,24,28). The van der Waals surface area contributed by atoms with E-state index in [1.54, 1.807) is 48.0 Å². The molecule has 9 heteroatoms. The molecule has 3 aromatic rings. The number of hydrogen-bond acceptors (Lipinski definition) is 5. The third-order valence-electron chi connectivity index (χ3n) is 4.36. The lowest BCUT2D eigenvalue weighted by atomic mass is 10.1. The van der Waals surface area contributed by atoms with Crippen molar-refractivity contribution in [1.82, 2.24) is 15.1 Å². The number of furan rings is 1. The smallest absolute Gasteiger partial charge is 0.286 e. The topological polar surface area (TPSA) is 86.4 Å². The second-order valence-corrected chi connectivity index (χ2v) is 7.39. The van der Waals surface area contributed by atoms with E-state index in [9.17, 15) is 9.59 Å². The number of benzene rings is 1. The third-order valence-corrected chi connectivity index (χ3v) is 5.29. The summed E-state index contributed by atoms with van der Waals surface area (Å²) in [5.74, 6) is 1.01. The van der Waals surface area contributed by atoms with Crippen molar-refractivity contribution in [2.75, 3.05) is 6.54 Å². The molecule has 3 rings (SSSR count). The fraction of sp³-hybridized carbons (Fsp3) is 0.286. The number of aromatic nitrogens is 2. The summed E-state index contributed by atoms with van der Waals surface area (Å²) < 4.78 is 12.8. The van der Waals surface area contributed by atoms with Gasteiger partial charge in [-0.1, -0.05) is 23.2 Å². The number of ketones is 1. The summed E-state index contributed by atoms with van der Waals surface area (Å²) in [7, 11) is 0. The Bertz CT molecular complexity index is 1040. The Morgan fingerprint density at radius 2 is 1.90 bits per heavy atom. The maximum absolute atomic E-state index is 12.2. The van der Waals surface area contributed by atoms with Gasteiger partial charge in [0.1, 0.15) is 28.3 Å². The molecule has 1 amide bonds. The number of aryl methyl sites for hydroxylation is 2. The molecule has 0 atom stereocenters. The van der Waals surface area contributed by atoms with Crippen LogP contribution in [0, 0.1) is 6.92 Å². The Balaban J connectivity index is 1.44. The molecular formula is C21H21Cl2N3O4. The van der Waals surface area contributed by atoms with Gasteiger partial charge in [0.15, 0.2) is 11.5 Å². The average molecular weight is 450 g/mol. The van der Waals surface area contributed by atoms with E-state index in [0.29, 0.717) is 52.5 Å². The SMILES string of the molecule is CC(=O)c1ccc(OCc2ccc(C(=O)NCCCn3nc(C)c(Cl)c3Cl)o2)cc1. The summed E-state index contributed by atoms with van der Waals surface area (Å²) in [6.45, 7) is 4.43. The zero-order chi connectivity index (χ0) is 21.7. The highest BCUT2D eigenvalue weighted by Crippen LogP contribution is 2.24. The minimum absolute atomic E-state index is 0.00475. The number of carbonyl (C=O) groups excluding carboxylic acids is 2. The van der Waals surface area contributed by atoms with Crippen LogP contribution >= 0.6 is 23.2 Å². The first-order valence-electron chi connectivity index (χ1n) is 9.34. The lowest BCUT2D eigenvalue weighted by Crippen LogP contribution is -2.25. The van der Waals surface area contributed by atoms with Crippen molar-refractivity contribution in [3.63, 3.8) is 0 Å². The lowest BCUT2D eigenvalue weighted by Gasteiger charge is -2.06. The van der Waals surface area contributed by atoms with Crippen molar-refractivity contribution in [1.29, 1.82) is 0 Å². The molecule has 30 heavy (non-hydrogen) atoms. The predicted octanol–water partition coefficient (Wildman–Crippen LogP) is 4.69. The third kappa shape index (κ3) is 5.43. The van der Waals surface area contributed by atoms with Gasteiger partial charge < -0.3 is 14.5 Å². The number of ether oxygens (including phenoxy) is 1. The van der Waals surface area contributed by atoms with Crippen LogP contribution in [0.5, 0.6) is 5.75 Å². The van der Waals surface area contributed by atoms with E-state index < -0.39 is 0 Å². The Morgan fingerprint density at radius 3 is 2.53 bits per heavy atom. The molecule has 2 aromatic heterocycles. The van der Waals surface area contributed by atoms with Crippen LogP contribution in [0.4, 0.5) is 0 Å². The molecule has 2 heterocycles. The van der Waals surface area contributed by atoms with Gasteiger partial charge in [-0.25, -0.2) is 0 Å². The van der Waals surface area contributed by atoms with Crippen LogP contribution in [0.2, 0.25) is 10.2 Å². The summed E-state index contributed by atoms with van der Waals surface area (Å²) in [6, 6.07) is 10.1. The monoisotopic (exact) mass is 449 g/mol. The number of nitrogens with zero attached hydrogens (tertiary/aromatic N) is 2. The number of hydrogen-bond donors (Lipinski definition) is 1. The molecule has 0 saturated carbocycles. The first-order valence-corrected chi connectivity index (χ1v) is 10.1. The van der Waals surface area contributed by atoms with Crippen molar-refractivity contribution >= 4 is 34.9 Å². The number of carbonyl (C=O) groups is 2. The van der Waals surface area contributed by atoms with Gasteiger partial charge in [0.25, 0.3) is 5.91 Å². The molecule has 158 valence electrons. The second-order valence-electron chi connectivity index (χ2n) is 6.66. The molecule has 0 aliphatic heterocycles. The van der Waals surface area contributed by atoms with Crippen LogP contribution in [0.15, 0.2) is 40.8 Å². The Morgan fingerprint density at radius 1 is 1.17 bits per heavy atom. The van der Waals surface area contributed by atoms with Gasteiger partial charge in [-0.3, -0.25) is 14.3 Å². The molecule has 7 nitrogen and oxygen atoms in total. The van der Waals surface area contributed by atoms with Crippen LogP contribution in [0.25, 0.3) is 0 Å². The molecule has 0 spiro atoms. The fourth-order valence-electron chi connectivity index (χ4n) is 2.72. The highest BCUT2D eigenvalue weighted by Gasteiger charge is 2.13. The number of halogens is 2. The molecule has 0 bridgehead atoms. The van der Waals surface area contributed by atoms with Crippen LogP contribution in [0.1, 0.15) is 45.7 Å². The van der Waals surface area contributed by atoms with Gasteiger partial charge in [-0.2, -0.15) is 5.10 Å². The summed E-state index contributed by atoms with van der Waals surface area (Å²) in [5, 5.41) is 7.87. The summed E-state index contributed by atoms with van der Waals surface area (Å²) in [5.41, 5.74) is 1.29. The van der Waals surface area contributed by atoms with Crippen LogP contribution in [-0.4, -0.2) is 28.0 Å². The van der Waals surface area contributed by atoms with Gasteiger partial charge in [-0.15, -0.1) is 0 Å². The number of rotatable bonds is 9. The van der Waals surface area contributed by atoms with Gasteiger partial charge in [0.2, 0.25) is 0 Å². The number of amides is 1. The van der Waals surface area contributed by atoms with Crippen molar-refractivity contribution in [3.8, 4) is 5.75 Å². The first kappa shape index (κ1) is 21.9. The van der Waals surface area contributed by atoms with Gasteiger partial charge in [0.05, 0.1) is 5.69 Å². The van der Waals surface area contributed by atoms with E-state index >= 15 is 0 Å². The molecule has 0 unspecified atom stereocenters. The zero-order valence-electron chi connectivity index (χ0n) is 16.6. The summed E-state index contributed by atoms with van der Waals surface area (Å²) in [4.78, 5) is 23.5. The van der Waals surface area contributed by atoms with Crippen LogP contribution in [0.3, 0.4) is 0 Å². The van der Waals surface area contributed by atoms with Gasteiger partial charge >= 0.3 is 0 Å². The average Bonchev–Trinajstić information content (AvgIpc) is 3.30. The molecule has 0 aliphatic rings. The zero-order valence-corrected chi connectivity index (χ0v) is 18.1. The highest BCUT2D eigenvalue weighted by atomic mass is 35.5. The van der Waals surface area contributed by atoms with Crippen molar-refractivity contribution in [3.05, 3.63) is 69.4 Å². The fourth-order valence-corrected chi connectivity index (χ4v) is 3.11. The van der Waals surface area contributed by atoms with E-state index in [0.717, 1.165) is 0 Å².